The van der Waals surface area contributed by atoms with Crippen LogP contribution in [0.4, 0.5) is 0 Å². The van der Waals surface area contributed by atoms with Crippen molar-refractivity contribution < 1.29 is 18.7 Å². The van der Waals surface area contributed by atoms with Crippen molar-refractivity contribution in [2.45, 2.75) is 26.4 Å². The van der Waals surface area contributed by atoms with E-state index in [4.69, 9.17) is 13.9 Å². The van der Waals surface area contributed by atoms with Crippen molar-refractivity contribution in [1.82, 2.24) is 4.90 Å². The van der Waals surface area contributed by atoms with Crippen molar-refractivity contribution >= 4 is 16.9 Å². The number of ether oxygens (including phenoxy) is 2. The van der Waals surface area contributed by atoms with Gasteiger partial charge in [-0.15, -0.1) is 0 Å². The predicted octanol–water partition coefficient (Wildman–Crippen LogP) is 5.73. The Morgan fingerprint density at radius 2 is 1.81 bits per heavy atom. The summed E-state index contributed by atoms with van der Waals surface area (Å²) in [6, 6.07) is 18.3. The lowest BCUT2D eigenvalue weighted by Crippen LogP contribution is -2.29. The number of amides is 1. The molecular formula is C30H27NO5. The summed E-state index contributed by atoms with van der Waals surface area (Å²) in [6.45, 7) is 8.16. The molecule has 0 saturated carbocycles. The summed E-state index contributed by atoms with van der Waals surface area (Å²) in [5.41, 5.74) is 4.05. The average molecular weight is 482 g/mol. The number of hydrogen-bond donors (Lipinski definition) is 0. The summed E-state index contributed by atoms with van der Waals surface area (Å²) >= 11 is 0. The van der Waals surface area contributed by atoms with Crippen LogP contribution in [0.25, 0.3) is 11.0 Å². The van der Waals surface area contributed by atoms with Gasteiger partial charge in [0, 0.05) is 6.54 Å². The normalized spacial score (nSPS) is 14.7. The smallest absolute Gasteiger partial charge is 0.291 e. The van der Waals surface area contributed by atoms with Crippen LogP contribution in [0.15, 0.2) is 82.5 Å². The van der Waals surface area contributed by atoms with Gasteiger partial charge in [-0.05, 0) is 54.3 Å². The van der Waals surface area contributed by atoms with Gasteiger partial charge in [0.1, 0.15) is 12.2 Å². The van der Waals surface area contributed by atoms with Crippen LogP contribution >= 0.6 is 0 Å². The van der Waals surface area contributed by atoms with E-state index in [1.54, 1.807) is 30.2 Å². The lowest BCUT2D eigenvalue weighted by atomic mass is 9.96. The van der Waals surface area contributed by atoms with Gasteiger partial charge in [-0.3, -0.25) is 9.59 Å². The lowest BCUT2D eigenvalue weighted by Gasteiger charge is -2.26. The number of aryl methyl sites for hydroxylation is 2. The van der Waals surface area contributed by atoms with E-state index in [9.17, 15) is 9.59 Å². The molecule has 1 atom stereocenters. The monoisotopic (exact) mass is 481 g/mol. The molecule has 1 aliphatic rings. The highest BCUT2D eigenvalue weighted by Gasteiger charge is 2.43. The van der Waals surface area contributed by atoms with Crippen LogP contribution in [-0.2, 0) is 6.54 Å². The molecule has 182 valence electrons. The minimum atomic E-state index is -0.642. The highest BCUT2D eigenvalue weighted by atomic mass is 16.5. The van der Waals surface area contributed by atoms with Gasteiger partial charge in [-0.2, -0.15) is 0 Å². The molecule has 0 radical (unpaired) electrons. The maximum absolute atomic E-state index is 13.9. The van der Waals surface area contributed by atoms with Gasteiger partial charge in [0.15, 0.2) is 16.9 Å². The first-order valence-electron chi connectivity index (χ1n) is 11.8. The van der Waals surface area contributed by atoms with Crippen LogP contribution < -0.4 is 14.9 Å². The Morgan fingerprint density at radius 1 is 1.03 bits per heavy atom. The fourth-order valence-electron chi connectivity index (χ4n) is 4.93. The third kappa shape index (κ3) is 3.94. The van der Waals surface area contributed by atoms with Gasteiger partial charge >= 0.3 is 0 Å². The van der Waals surface area contributed by atoms with Gasteiger partial charge in [0.05, 0.1) is 24.1 Å². The topological polar surface area (TPSA) is 69.0 Å². The third-order valence-corrected chi connectivity index (χ3v) is 6.47. The van der Waals surface area contributed by atoms with E-state index in [0.717, 1.165) is 22.3 Å². The third-order valence-electron chi connectivity index (χ3n) is 6.47. The second kappa shape index (κ2) is 9.38. The molecule has 0 fully saturated rings. The summed E-state index contributed by atoms with van der Waals surface area (Å²) in [5.74, 6) is 0.830. The number of hydrogen-bond acceptors (Lipinski definition) is 5. The van der Waals surface area contributed by atoms with Crippen LogP contribution in [0, 0.1) is 13.8 Å². The number of rotatable bonds is 7. The molecule has 0 N–H and O–H groups in total. The molecular weight excluding hydrogens is 454 g/mol. The highest BCUT2D eigenvalue weighted by Crippen LogP contribution is 2.42. The van der Waals surface area contributed by atoms with E-state index in [2.05, 4.69) is 6.58 Å². The molecule has 0 spiro atoms. The molecule has 6 nitrogen and oxygen atoms in total. The average Bonchev–Trinajstić information content (AvgIpc) is 3.14. The zero-order valence-electron chi connectivity index (χ0n) is 20.5. The molecule has 0 aliphatic carbocycles. The minimum Gasteiger partial charge on any atom is -0.493 e. The number of carbonyl (C=O) groups is 1. The minimum absolute atomic E-state index is 0.0874. The SMILES string of the molecule is C=CCOc1ccc(C2c3c(oc4cc(C)cc(C)c4c3=O)C(=O)N2Cc2ccccc2)cc1OC. The molecule has 1 aliphatic heterocycles. The van der Waals surface area contributed by atoms with Crippen molar-refractivity contribution in [1.29, 1.82) is 0 Å². The molecule has 36 heavy (non-hydrogen) atoms. The van der Waals surface area contributed by atoms with Crippen molar-refractivity contribution in [2.24, 2.45) is 0 Å². The maximum atomic E-state index is 13.9. The largest absolute Gasteiger partial charge is 0.493 e. The fraction of sp³-hybridized carbons (Fsp3) is 0.200. The summed E-state index contributed by atoms with van der Waals surface area (Å²) in [5, 5.41) is 0.497. The predicted molar refractivity (Wildman–Crippen MR) is 139 cm³/mol. The zero-order valence-corrected chi connectivity index (χ0v) is 20.5. The Labute approximate surface area is 209 Å². The summed E-state index contributed by atoms with van der Waals surface area (Å²) < 4.78 is 17.4. The van der Waals surface area contributed by atoms with Crippen LogP contribution in [0.3, 0.4) is 0 Å². The second-order valence-corrected chi connectivity index (χ2v) is 8.96. The number of nitrogens with zero attached hydrogens (tertiary/aromatic N) is 1. The van der Waals surface area contributed by atoms with Gasteiger partial charge in [0.25, 0.3) is 5.91 Å². The molecule has 0 saturated heterocycles. The van der Waals surface area contributed by atoms with Gasteiger partial charge in [0.2, 0.25) is 5.76 Å². The van der Waals surface area contributed by atoms with E-state index in [1.165, 1.54) is 0 Å². The van der Waals surface area contributed by atoms with Crippen LogP contribution in [0.5, 0.6) is 11.5 Å². The molecule has 2 heterocycles. The Hall–Kier alpha value is -4.32. The van der Waals surface area contributed by atoms with Crippen LogP contribution in [0.2, 0.25) is 0 Å². The van der Waals surface area contributed by atoms with Crippen molar-refractivity contribution in [3.05, 3.63) is 117 Å². The van der Waals surface area contributed by atoms with E-state index >= 15 is 0 Å². The first-order valence-corrected chi connectivity index (χ1v) is 11.8. The van der Waals surface area contributed by atoms with E-state index in [-0.39, 0.29) is 17.1 Å². The Morgan fingerprint density at radius 3 is 2.53 bits per heavy atom. The van der Waals surface area contributed by atoms with E-state index in [1.807, 2.05) is 62.4 Å². The molecule has 3 aromatic carbocycles. The Bertz CT molecular complexity index is 1540. The Kier molecular flexibility index (Phi) is 6.10. The number of fused-ring (bicyclic) bond motifs is 2. The quantitative estimate of drug-likeness (QED) is 0.316. The highest BCUT2D eigenvalue weighted by molar-refractivity contribution is 5.99. The zero-order chi connectivity index (χ0) is 25.4. The standard InChI is InChI=1S/C30H27NO5/c1-5-13-35-22-12-11-21(16-23(22)34-4)27-26-28(32)25-19(3)14-18(2)15-24(25)36-29(26)30(33)31(27)17-20-9-7-6-8-10-20/h5-12,14-16,27H,1,13,17H2,2-4H3. The summed E-state index contributed by atoms with van der Waals surface area (Å²) in [7, 11) is 1.56. The van der Waals surface area contributed by atoms with Gasteiger partial charge in [-0.1, -0.05) is 55.1 Å². The van der Waals surface area contributed by atoms with Gasteiger partial charge < -0.3 is 18.8 Å². The number of carbonyl (C=O) groups excluding carboxylic acids is 1. The first kappa shape index (κ1) is 23.4. The molecule has 0 bridgehead atoms. The number of benzene rings is 3. The van der Waals surface area contributed by atoms with Crippen molar-refractivity contribution in [3.8, 4) is 11.5 Å². The van der Waals surface area contributed by atoms with Crippen LogP contribution in [-0.4, -0.2) is 24.5 Å². The van der Waals surface area contributed by atoms with E-state index < -0.39 is 6.04 Å². The van der Waals surface area contributed by atoms with Crippen LogP contribution in [0.1, 0.15) is 44.4 Å². The molecule has 1 unspecified atom stereocenters. The lowest BCUT2D eigenvalue weighted by molar-refractivity contribution is 0.0714. The molecule has 1 aromatic heterocycles. The number of methoxy groups -OCH3 is 1. The van der Waals surface area contributed by atoms with Gasteiger partial charge in [-0.25, -0.2) is 0 Å². The maximum Gasteiger partial charge on any atom is 0.291 e. The summed E-state index contributed by atoms with van der Waals surface area (Å²) in [6.07, 6.45) is 1.65. The molecule has 1 amide bonds. The fourth-order valence-corrected chi connectivity index (χ4v) is 4.93. The molecule has 4 aromatic rings. The molecule has 5 rings (SSSR count). The van der Waals surface area contributed by atoms with E-state index in [0.29, 0.717) is 41.2 Å². The van der Waals surface area contributed by atoms with Crippen molar-refractivity contribution in [2.75, 3.05) is 13.7 Å². The first-order chi connectivity index (χ1) is 17.4. The van der Waals surface area contributed by atoms with Crippen molar-refractivity contribution in [3.63, 3.8) is 0 Å². The summed E-state index contributed by atoms with van der Waals surface area (Å²) in [4.78, 5) is 29.4. The molecule has 6 heteroatoms. The second-order valence-electron chi connectivity index (χ2n) is 8.96. The Balaban J connectivity index is 1.72.